The van der Waals surface area contributed by atoms with Crippen LogP contribution in [0.1, 0.15) is 30.6 Å². The summed E-state index contributed by atoms with van der Waals surface area (Å²) >= 11 is 0. The van der Waals surface area contributed by atoms with Crippen LogP contribution in [0.15, 0.2) is 30.3 Å². The molecule has 1 aromatic carbocycles. The number of nitrogens with one attached hydrogen (secondary N) is 2. The van der Waals surface area contributed by atoms with E-state index in [0.29, 0.717) is 18.1 Å². The summed E-state index contributed by atoms with van der Waals surface area (Å²) < 4.78 is 0. The van der Waals surface area contributed by atoms with Gasteiger partial charge in [-0.1, -0.05) is 32.0 Å². The number of carbonyl (C=O) groups excluding carboxylic acids is 1. The minimum Gasteiger partial charge on any atom is -0.347 e. The molecular formula is C13H21N3O2. The van der Waals surface area contributed by atoms with Crippen molar-refractivity contribution in [1.29, 1.82) is 0 Å². The van der Waals surface area contributed by atoms with Gasteiger partial charge < -0.3 is 5.32 Å². The number of amides is 1. The molecule has 0 aliphatic carbocycles. The van der Waals surface area contributed by atoms with Gasteiger partial charge in [0.25, 0.3) is 5.91 Å². The molecule has 1 aromatic rings. The summed E-state index contributed by atoms with van der Waals surface area (Å²) in [6.45, 7) is 4.53. The highest BCUT2D eigenvalue weighted by Crippen LogP contribution is 2.06. The number of hydrazine groups is 1. The van der Waals surface area contributed by atoms with Crippen molar-refractivity contribution in [3.05, 3.63) is 35.9 Å². The quantitative estimate of drug-likeness (QED) is 0.503. The Kier molecular flexibility index (Phi) is 6.35. The van der Waals surface area contributed by atoms with E-state index in [1.807, 2.05) is 18.2 Å². The van der Waals surface area contributed by atoms with Crippen LogP contribution in [0.2, 0.25) is 0 Å². The molecule has 1 amide bonds. The standard InChI is InChI=1S/C13H21N3O2/c1-10(2)8-12(9-18-16-14)15-13(17)11-6-4-3-5-7-11/h3-7,10,12,16H,8-9,14H2,1-2H3,(H,15,17)/t12-/m1/s1. The van der Waals surface area contributed by atoms with Crippen molar-refractivity contribution in [2.45, 2.75) is 26.3 Å². The van der Waals surface area contributed by atoms with Crippen molar-refractivity contribution in [2.24, 2.45) is 11.8 Å². The van der Waals surface area contributed by atoms with E-state index in [1.54, 1.807) is 12.1 Å². The molecule has 5 heteroatoms. The molecule has 0 saturated heterocycles. The molecule has 18 heavy (non-hydrogen) atoms. The minimum absolute atomic E-state index is 0.0613. The Morgan fingerprint density at radius 1 is 1.33 bits per heavy atom. The van der Waals surface area contributed by atoms with Gasteiger partial charge in [0, 0.05) is 5.56 Å². The van der Waals surface area contributed by atoms with Crippen LogP contribution in [0.3, 0.4) is 0 Å². The maximum Gasteiger partial charge on any atom is 0.251 e. The average Bonchev–Trinajstić information content (AvgIpc) is 2.36. The number of hydrogen-bond donors (Lipinski definition) is 3. The van der Waals surface area contributed by atoms with Gasteiger partial charge in [-0.25, -0.2) is 5.84 Å². The topological polar surface area (TPSA) is 76.4 Å². The molecule has 4 N–H and O–H groups in total. The summed E-state index contributed by atoms with van der Waals surface area (Å²) in [5.74, 6) is 5.43. The monoisotopic (exact) mass is 251 g/mol. The lowest BCUT2D eigenvalue weighted by Gasteiger charge is -2.20. The van der Waals surface area contributed by atoms with E-state index in [4.69, 9.17) is 10.7 Å². The highest BCUT2D eigenvalue weighted by atomic mass is 16.7. The number of nitrogens with two attached hydrogens (primary N) is 1. The van der Waals surface area contributed by atoms with E-state index >= 15 is 0 Å². The fourth-order valence-corrected chi connectivity index (χ4v) is 1.74. The van der Waals surface area contributed by atoms with Crippen molar-refractivity contribution >= 4 is 5.91 Å². The molecule has 0 aromatic heterocycles. The van der Waals surface area contributed by atoms with Gasteiger partial charge in [0.05, 0.1) is 12.6 Å². The molecule has 0 fully saturated rings. The molecule has 5 nitrogen and oxygen atoms in total. The summed E-state index contributed by atoms with van der Waals surface area (Å²) in [6, 6.07) is 9.06. The smallest absolute Gasteiger partial charge is 0.251 e. The molecule has 0 heterocycles. The first-order valence-corrected chi connectivity index (χ1v) is 6.06. The van der Waals surface area contributed by atoms with E-state index in [9.17, 15) is 4.79 Å². The minimum atomic E-state index is -0.0955. The third-order valence-corrected chi connectivity index (χ3v) is 2.49. The van der Waals surface area contributed by atoms with Gasteiger partial charge in [0.2, 0.25) is 0 Å². The lowest BCUT2D eigenvalue weighted by molar-refractivity contribution is 0.0224. The average molecular weight is 251 g/mol. The molecule has 0 radical (unpaired) electrons. The van der Waals surface area contributed by atoms with Gasteiger partial charge >= 0.3 is 0 Å². The number of rotatable bonds is 7. The summed E-state index contributed by atoms with van der Waals surface area (Å²) in [6.07, 6.45) is 0.834. The van der Waals surface area contributed by atoms with Gasteiger partial charge in [-0.15, -0.1) is 5.59 Å². The van der Waals surface area contributed by atoms with Crippen LogP contribution in [0.25, 0.3) is 0 Å². The largest absolute Gasteiger partial charge is 0.347 e. The summed E-state index contributed by atoms with van der Waals surface area (Å²) in [5.41, 5.74) is 2.78. The van der Waals surface area contributed by atoms with Crippen molar-refractivity contribution < 1.29 is 9.63 Å². The zero-order valence-electron chi connectivity index (χ0n) is 10.8. The van der Waals surface area contributed by atoms with Crippen molar-refractivity contribution in [3.8, 4) is 0 Å². The Balaban J connectivity index is 2.56. The number of hydrogen-bond acceptors (Lipinski definition) is 4. The number of carbonyl (C=O) groups is 1. The zero-order chi connectivity index (χ0) is 13.4. The lowest BCUT2D eigenvalue weighted by atomic mass is 10.0. The molecule has 0 bridgehead atoms. The molecule has 1 atom stereocenters. The van der Waals surface area contributed by atoms with E-state index in [2.05, 4.69) is 24.8 Å². The van der Waals surface area contributed by atoms with E-state index in [0.717, 1.165) is 6.42 Å². The van der Waals surface area contributed by atoms with Crippen LogP contribution in [-0.4, -0.2) is 18.6 Å². The Labute approximate surface area is 108 Å². The van der Waals surface area contributed by atoms with Gasteiger partial charge in [-0.3, -0.25) is 9.63 Å². The van der Waals surface area contributed by atoms with Crippen LogP contribution < -0.4 is 16.7 Å². The fraction of sp³-hybridized carbons (Fsp3) is 0.462. The van der Waals surface area contributed by atoms with Crippen molar-refractivity contribution in [2.75, 3.05) is 6.61 Å². The Morgan fingerprint density at radius 2 is 2.00 bits per heavy atom. The maximum absolute atomic E-state index is 12.0. The highest BCUT2D eigenvalue weighted by Gasteiger charge is 2.15. The second-order valence-corrected chi connectivity index (χ2v) is 4.59. The van der Waals surface area contributed by atoms with Gasteiger partial charge in [-0.05, 0) is 24.5 Å². The molecule has 0 aliphatic heterocycles. The Hall–Kier alpha value is -1.43. The van der Waals surface area contributed by atoms with Gasteiger partial charge in [0.1, 0.15) is 0 Å². The third kappa shape index (κ3) is 5.27. The second kappa shape index (κ2) is 7.81. The summed E-state index contributed by atoms with van der Waals surface area (Å²) in [4.78, 5) is 16.9. The van der Waals surface area contributed by atoms with Gasteiger partial charge in [0.15, 0.2) is 0 Å². The molecule has 0 spiro atoms. The maximum atomic E-state index is 12.0. The van der Waals surface area contributed by atoms with Gasteiger partial charge in [-0.2, -0.15) is 0 Å². The summed E-state index contributed by atoms with van der Waals surface area (Å²) in [7, 11) is 0. The van der Waals surface area contributed by atoms with E-state index < -0.39 is 0 Å². The first-order valence-electron chi connectivity index (χ1n) is 6.06. The molecule has 0 saturated carbocycles. The molecule has 0 unspecified atom stereocenters. The van der Waals surface area contributed by atoms with Crippen LogP contribution >= 0.6 is 0 Å². The van der Waals surface area contributed by atoms with E-state index in [1.165, 1.54) is 0 Å². The molecule has 0 aliphatic rings. The predicted molar refractivity (Wildman–Crippen MR) is 70.4 cm³/mol. The van der Waals surface area contributed by atoms with Crippen LogP contribution in [0, 0.1) is 5.92 Å². The second-order valence-electron chi connectivity index (χ2n) is 4.59. The molecule has 1 rings (SSSR count). The first kappa shape index (κ1) is 14.6. The summed E-state index contributed by atoms with van der Waals surface area (Å²) in [5, 5.41) is 2.94. The zero-order valence-corrected chi connectivity index (χ0v) is 10.8. The SMILES string of the molecule is CC(C)C[C@H](CONN)NC(=O)c1ccccc1. The van der Waals surface area contributed by atoms with Crippen LogP contribution in [0.5, 0.6) is 0 Å². The molecule has 100 valence electrons. The van der Waals surface area contributed by atoms with Crippen LogP contribution in [0.4, 0.5) is 0 Å². The normalized spacial score (nSPS) is 12.4. The molecular weight excluding hydrogens is 230 g/mol. The number of benzene rings is 1. The first-order chi connectivity index (χ1) is 8.63. The van der Waals surface area contributed by atoms with E-state index in [-0.39, 0.29) is 11.9 Å². The third-order valence-electron chi connectivity index (χ3n) is 2.49. The predicted octanol–water partition coefficient (Wildman–Crippen LogP) is 1.23. The Morgan fingerprint density at radius 3 is 2.56 bits per heavy atom. The van der Waals surface area contributed by atoms with Crippen LogP contribution in [-0.2, 0) is 4.84 Å². The van der Waals surface area contributed by atoms with Crippen molar-refractivity contribution in [1.82, 2.24) is 10.9 Å². The Bertz CT molecular complexity index is 355. The fourth-order valence-electron chi connectivity index (χ4n) is 1.74. The van der Waals surface area contributed by atoms with Crippen molar-refractivity contribution in [3.63, 3.8) is 0 Å². The lowest BCUT2D eigenvalue weighted by Crippen LogP contribution is -2.41. The highest BCUT2D eigenvalue weighted by molar-refractivity contribution is 5.94.